The number of hydrogen-bond acceptors (Lipinski definition) is 13. The van der Waals surface area contributed by atoms with Crippen LogP contribution in [0.3, 0.4) is 0 Å². The molecule has 4 aliphatic rings. The number of ether oxygens (including phenoxy) is 3. The number of carbonyl (C=O) groups is 3. The smallest absolute Gasteiger partial charge is 0.324 e. The van der Waals surface area contributed by atoms with E-state index in [0.717, 1.165) is 82.2 Å². The van der Waals surface area contributed by atoms with E-state index in [2.05, 4.69) is 82.2 Å². The SMILES string of the molecule is CCO[C@@H]1c2nc(cs2)-c2ccc3c(c2)c(c(-c2cc(N4CCN(C)CC4)cnc2[C@H](C)OC)n3CC)CC(C)(C)COC(=O)[C@@H]2CCCN(N2)C(=O)[C@H]1NC(=O)[C@H]1[C@H](C)[C@@H]1c1ccccn1. The van der Waals surface area contributed by atoms with Crippen LogP contribution in [0.25, 0.3) is 33.4 Å². The second-order valence-corrected chi connectivity index (χ2v) is 20.3. The molecule has 0 spiro atoms. The van der Waals surface area contributed by atoms with Crippen molar-refractivity contribution in [3.63, 3.8) is 0 Å². The fourth-order valence-electron chi connectivity index (χ4n) is 10.4. The molecular formula is C51H65N9O6S. The van der Waals surface area contributed by atoms with E-state index in [1.165, 1.54) is 16.3 Å². The third-order valence-electron chi connectivity index (χ3n) is 14.2. The van der Waals surface area contributed by atoms with E-state index in [0.29, 0.717) is 37.4 Å². The maximum atomic E-state index is 14.9. The van der Waals surface area contributed by atoms with Crippen LogP contribution in [0.4, 0.5) is 5.69 Å². The number of methoxy groups -OCH3 is 1. The Hall–Kier alpha value is -5.26. The van der Waals surface area contributed by atoms with E-state index in [1.807, 2.05) is 50.5 Å². The summed E-state index contributed by atoms with van der Waals surface area (Å²) in [6.45, 7) is 17.6. The average Bonchev–Trinajstić information content (AvgIpc) is 3.62. The number of piperazine rings is 1. The van der Waals surface area contributed by atoms with Crippen LogP contribution < -0.4 is 15.6 Å². The summed E-state index contributed by atoms with van der Waals surface area (Å²) in [4.78, 5) is 62.9. The number of hydrogen-bond donors (Lipinski definition) is 2. The van der Waals surface area contributed by atoms with Crippen LogP contribution in [0.5, 0.6) is 0 Å². The monoisotopic (exact) mass is 931 g/mol. The number of aromatic nitrogens is 4. The highest BCUT2D eigenvalue weighted by molar-refractivity contribution is 7.10. The number of rotatable bonds is 10. The molecule has 1 aromatic carbocycles. The lowest BCUT2D eigenvalue weighted by Crippen LogP contribution is -2.61. The van der Waals surface area contributed by atoms with Gasteiger partial charge in [-0.05, 0) is 88.9 Å². The molecule has 67 heavy (non-hydrogen) atoms. The third-order valence-corrected chi connectivity index (χ3v) is 15.1. The summed E-state index contributed by atoms with van der Waals surface area (Å²) in [7, 11) is 3.89. The normalized spacial score (nSPS) is 25.1. The van der Waals surface area contributed by atoms with E-state index < -0.39 is 35.5 Å². The van der Waals surface area contributed by atoms with Crippen LogP contribution in [0.1, 0.15) is 94.5 Å². The van der Waals surface area contributed by atoms with E-state index in [-0.39, 0.29) is 43.0 Å². The largest absolute Gasteiger partial charge is 0.464 e. The summed E-state index contributed by atoms with van der Waals surface area (Å²) in [6, 6.07) is 12.6. The molecule has 0 unspecified atom stereocenters. The molecule has 0 radical (unpaired) electrons. The van der Waals surface area contributed by atoms with Crippen molar-refractivity contribution in [2.24, 2.45) is 17.3 Å². The lowest BCUT2D eigenvalue weighted by atomic mass is 9.84. The summed E-state index contributed by atoms with van der Waals surface area (Å²) >= 11 is 1.40. The molecule has 6 bridgehead atoms. The van der Waals surface area contributed by atoms with Crippen LogP contribution in [0.15, 0.2) is 60.2 Å². The van der Waals surface area contributed by atoms with E-state index in [4.69, 9.17) is 24.2 Å². The maximum absolute atomic E-state index is 14.9. The van der Waals surface area contributed by atoms with Crippen LogP contribution in [-0.2, 0) is 41.6 Å². The highest BCUT2D eigenvalue weighted by Gasteiger charge is 2.54. The van der Waals surface area contributed by atoms with Crippen molar-refractivity contribution in [1.82, 2.24) is 40.2 Å². The molecule has 356 valence electrons. The predicted octanol–water partition coefficient (Wildman–Crippen LogP) is 6.93. The number of fused-ring (bicyclic) bond motifs is 6. The van der Waals surface area contributed by atoms with Crippen molar-refractivity contribution < 1.29 is 28.6 Å². The minimum Gasteiger partial charge on any atom is -0.464 e. The van der Waals surface area contributed by atoms with Gasteiger partial charge in [0.25, 0.3) is 5.91 Å². The van der Waals surface area contributed by atoms with Gasteiger partial charge in [-0.2, -0.15) is 0 Å². The molecular weight excluding hydrogens is 867 g/mol. The quantitative estimate of drug-likeness (QED) is 0.140. The lowest BCUT2D eigenvalue weighted by molar-refractivity contribution is -0.156. The Bertz CT molecular complexity index is 2610. The summed E-state index contributed by atoms with van der Waals surface area (Å²) in [6.07, 6.45) is 4.17. The van der Waals surface area contributed by atoms with Gasteiger partial charge in [0.15, 0.2) is 0 Å². The Balaban J connectivity index is 1.17. The molecule has 3 fully saturated rings. The Morgan fingerprint density at radius 2 is 1.88 bits per heavy atom. The molecule has 2 N–H and O–H groups in total. The first kappa shape index (κ1) is 46.8. The fraction of sp³-hybridized carbons (Fsp3) is 0.529. The van der Waals surface area contributed by atoms with Gasteiger partial charge in [0.2, 0.25) is 5.91 Å². The van der Waals surface area contributed by atoms with Gasteiger partial charge in [0.05, 0.1) is 41.7 Å². The Morgan fingerprint density at radius 1 is 1.07 bits per heavy atom. The highest BCUT2D eigenvalue weighted by atomic mass is 32.1. The number of amides is 2. The van der Waals surface area contributed by atoms with Gasteiger partial charge in [-0.25, -0.2) is 10.4 Å². The molecule has 16 heteroatoms. The summed E-state index contributed by atoms with van der Waals surface area (Å²) < 4.78 is 21.0. The number of pyridine rings is 2. The number of aryl methyl sites for hydroxylation is 1. The van der Waals surface area contributed by atoms with E-state index in [9.17, 15) is 14.4 Å². The zero-order valence-corrected chi connectivity index (χ0v) is 40.9. The van der Waals surface area contributed by atoms with Crippen molar-refractivity contribution in [2.75, 3.05) is 65.0 Å². The second kappa shape index (κ2) is 19.4. The van der Waals surface area contributed by atoms with Crippen LogP contribution >= 0.6 is 11.3 Å². The van der Waals surface area contributed by atoms with Crippen molar-refractivity contribution in [3.05, 3.63) is 82.2 Å². The standard InChI is InChI=1S/C51H65N9O6S/c1-9-59-40-17-16-32-24-34(40)36(45(59)35-25-33(27-53-43(35)31(4)64-8)58-22-20-57(7)21-23-58)26-51(5,6)29-66-50(63)38-15-13-19-60(56-38)49(62)44(46(65-10-2)48-54-39(32)28-67-48)55-47(61)42-30(3)41(42)37-14-11-12-18-52-37/h11-12,14,16-18,24-25,27-28,30-31,38,41-42,44,46,56H,9-10,13,15,19-23,26,29H2,1-8H3,(H,55,61)/t30-,31+,38+,41-,42+,44+,46+/m1/s1. The zero-order valence-electron chi connectivity index (χ0n) is 40.1. The zero-order chi connectivity index (χ0) is 47.1. The number of hydrazine groups is 1. The molecule has 1 saturated carbocycles. The van der Waals surface area contributed by atoms with E-state index >= 15 is 0 Å². The first-order chi connectivity index (χ1) is 32.3. The lowest BCUT2D eigenvalue weighted by Gasteiger charge is -2.37. The number of nitrogens with zero attached hydrogens (tertiary/aromatic N) is 7. The number of thiazole rings is 1. The molecule has 15 nitrogen and oxygen atoms in total. The number of cyclic esters (lactones) is 1. The van der Waals surface area contributed by atoms with Crippen molar-refractivity contribution in [1.29, 1.82) is 0 Å². The average molecular weight is 932 g/mol. The predicted molar refractivity (Wildman–Crippen MR) is 259 cm³/mol. The molecule has 5 aromatic rings. The van der Waals surface area contributed by atoms with Crippen LogP contribution in [-0.4, -0.2) is 119 Å². The number of likely N-dealkylation sites (N-methyl/N-ethyl adjacent to an activating group) is 1. The molecule has 4 aromatic heterocycles. The van der Waals surface area contributed by atoms with Crippen LogP contribution in [0.2, 0.25) is 0 Å². The Kier molecular flexibility index (Phi) is 13.6. The Labute approximate surface area is 397 Å². The first-order valence-corrected chi connectivity index (χ1v) is 24.8. The van der Waals surface area contributed by atoms with Gasteiger partial charge >= 0.3 is 5.97 Å². The topological polar surface area (TPSA) is 156 Å². The van der Waals surface area contributed by atoms with Gasteiger partial charge in [0, 0.05) is 110 Å². The number of anilines is 1. The number of nitrogens with one attached hydrogen (secondary N) is 2. The summed E-state index contributed by atoms with van der Waals surface area (Å²) in [5, 5.41) is 8.24. The second-order valence-electron chi connectivity index (χ2n) is 19.5. The van der Waals surface area contributed by atoms with Gasteiger partial charge < -0.3 is 33.9 Å². The fourth-order valence-corrected chi connectivity index (χ4v) is 11.3. The molecule has 2 amide bonds. The third kappa shape index (κ3) is 9.35. The minimum absolute atomic E-state index is 0.0350. The number of benzene rings is 1. The Morgan fingerprint density at radius 3 is 2.61 bits per heavy atom. The highest BCUT2D eigenvalue weighted by Crippen LogP contribution is 2.53. The molecule has 3 aliphatic heterocycles. The first-order valence-electron chi connectivity index (χ1n) is 23.9. The molecule has 2 saturated heterocycles. The molecule has 7 heterocycles. The summed E-state index contributed by atoms with van der Waals surface area (Å²) in [5.41, 5.74) is 11.4. The maximum Gasteiger partial charge on any atom is 0.324 e. The van der Waals surface area contributed by atoms with Gasteiger partial charge in [-0.1, -0.05) is 32.9 Å². The van der Waals surface area contributed by atoms with Gasteiger partial charge in [0.1, 0.15) is 23.2 Å². The van der Waals surface area contributed by atoms with Gasteiger partial charge in [-0.15, -0.1) is 11.3 Å². The number of carbonyl (C=O) groups excluding carboxylic acids is 3. The van der Waals surface area contributed by atoms with E-state index in [1.54, 1.807) is 13.3 Å². The van der Waals surface area contributed by atoms with Crippen molar-refractivity contribution in [2.45, 2.75) is 97.6 Å². The summed E-state index contributed by atoms with van der Waals surface area (Å²) in [5.74, 6) is -1.49. The number of esters is 1. The molecule has 1 aliphatic carbocycles. The van der Waals surface area contributed by atoms with Crippen LogP contribution in [0, 0.1) is 17.3 Å². The molecule has 9 rings (SSSR count). The molecule has 7 atom stereocenters. The van der Waals surface area contributed by atoms with Crippen molar-refractivity contribution >= 4 is 45.7 Å². The minimum atomic E-state index is -1.14. The van der Waals surface area contributed by atoms with Gasteiger partial charge in [-0.3, -0.25) is 29.4 Å². The van der Waals surface area contributed by atoms with Crippen molar-refractivity contribution in [3.8, 4) is 22.5 Å².